The molecule has 0 fully saturated rings. The molecule has 20 heavy (non-hydrogen) atoms. The number of rotatable bonds is 7. The van der Waals surface area contributed by atoms with E-state index in [1.54, 1.807) is 0 Å². The van der Waals surface area contributed by atoms with Gasteiger partial charge in [-0.1, -0.05) is 37.5 Å². The van der Waals surface area contributed by atoms with E-state index in [9.17, 15) is 4.79 Å². The number of amides is 1. The predicted octanol–water partition coefficient (Wildman–Crippen LogP) is 2.10. The Morgan fingerprint density at radius 1 is 1.55 bits per heavy atom. The van der Waals surface area contributed by atoms with Crippen LogP contribution in [0.2, 0.25) is 0 Å². The van der Waals surface area contributed by atoms with Gasteiger partial charge in [-0.15, -0.1) is 6.42 Å². The van der Waals surface area contributed by atoms with Gasteiger partial charge in [-0.05, 0) is 12.8 Å². The van der Waals surface area contributed by atoms with Gasteiger partial charge in [0.15, 0.2) is 5.13 Å². The van der Waals surface area contributed by atoms with Crippen molar-refractivity contribution >= 4 is 28.2 Å². The molecule has 0 aromatic carbocycles. The maximum absolute atomic E-state index is 12.2. The van der Waals surface area contributed by atoms with E-state index < -0.39 is 0 Å². The molecular formula is C14H22N4OS. The maximum atomic E-state index is 12.2. The fourth-order valence-electron chi connectivity index (χ4n) is 1.79. The lowest BCUT2D eigenvalue weighted by Crippen LogP contribution is -2.33. The summed E-state index contributed by atoms with van der Waals surface area (Å²) in [5.74, 6) is 2.59. The molecule has 0 aliphatic rings. The molecule has 6 heteroatoms. The molecule has 1 unspecified atom stereocenters. The van der Waals surface area contributed by atoms with E-state index in [1.807, 2.05) is 18.9 Å². The van der Waals surface area contributed by atoms with Gasteiger partial charge < -0.3 is 16.0 Å². The van der Waals surface area contributed by atoms with Gasteiger partial charge >= 0.3 is 0 Å². The molecule has 0 aliphatic heterocycles. The van der Waals surface area contributed by atoms with Crippen LogP contribution in [0.1, 0.15) is 42.8 Å². The first-order valence-corrected chi connectivity index (χ1v) is 7.59. The molecule has 1 amide bonds. The number of nitrogens with one attached hydrogen (secondary N) is 1. The summed E-state index contributed by atoms with van der Waals surface area (Å²) >= 11 is 1.30. The van der Waals surface area contributed by atoms with Gasteiger partial charge in [0.1, 0.15) is 10.7 Å². The molecule has 0 spiro atoms. The average molecular weight is 294 g/mol. The highest BCUT2D eigenvalue weighted by atomic mass is 32.1. The number of nitrogens with two attached hydrogens (primary N) is 1. The molecular weight excluding hydrogens is 272 g/mol. The average Bonchev–Trinajstić information content (AvgIpc) is 2.80. The minimum absolute atomic E-state index is 0.243. The smallest absolute Gasteiger partial charge is 0.266 e. The van der Waals surface area contributed by atoms with Crippen LogP contribution in [-0.2, 0) is 0 Å². The molecule has 110 valence electrons. The lowest BCUT2D eigenvalue weighted by molar-refractivity contribution is 0.0949. The Labute approximate surface area is 124 Å². The SMILES string of the molecule is C#CC(CCC)NC(=O)c1sc(N(C)CCC)nc1N. The third kappa shape index (κ3) is 4.14. The Kier molecular flexibility index (Phi) is 6.32. The van der Waals surface area contributed by atoms with Gasteiger partial charge in [-0.3, -0.25) is 4.79 Å². The minimum atomic E-state index is -0.258. The summed E-state index contributed by atoms with van der Waals surface area (Å²) in [5, 5.41) is 3.56. The Balaban J connectivity index is 2.81. The second kappa shape index (κ2) is 7.75. The molecule has 0 radical (unpaired) electrons. The fraction of sp³-hybridized carbons (Fsp3) is 0.571. The van der Waals surface area contributed by atoms with E-state index in [-0.39, 0.29) is 17.8 Å². The summed E-state index contributed by atoms with van der Waals surface area (Å²) in [7, 11) is 1.94. The first-order valence-electron chi connectivity index (χ1n) is 6.77. The third-order valence-electron chi connectivity index (χ3n) is 2.82. The van der Waals surface area contributed by atoms with Crippen LogP contribution >= 0.6 is 11.3 Å². The van der Waals surface area contributed by atoms with Crippen LogP contribution < -0.4 is 16.0 Å². The molecule has 1 atom stereocenters. The van der Waals surface area contributed by atoms with Crippen molar-refractivity contribution in [1.29, 1.82) is 0 Å². The van der Waals surface area contributed by atoms with Gasteiger partial charge in [0.2, 0.25) is 0 Å². The maximum Gasteiger partial charge on any atom is 0.266 e. The number of thiazole rings is 1. The molecule has 0 bridgehead atoms. The summed E-state index contributed by atoms with van der Waals surface area (Å²) in [6, 6.07) is -0.258. The fourth-order valence-corrected chi connectivity index (χ4v) is 2.66. The Morgan fingerprint density at radius 3 is 2.80 bits per heavy atom. The second-order valence-electron chi connectivity index (χ2n) is 4.61. The molecule has 1 aromatic rings. The lowest BCUT2D eigenvalue weighted by Gasteiger charge is -2.13. The van der Waals surface area contributed by atoms with Gasteiger partial charge in [0.25, 0.3) is 5.91 Å². The van der Waals surface area contributed by atoms with Crippen molar-refractivity contribution in [2.24, 2.45) is 0 Å². The van der Waals surface area contributed by atoms with Crippen LogP contribution in [0.15, 0.2) is 0 Å². The lowest BCUT2D eigenvalue weighted by atomic mass is 10.2. The third-order valence-corrected chi connectivity index (χ3v) is 4.00. The highest BCUT2D eigenvalue weighted by Gasteiger charge is 2.19. The van der Waals surface area contributed by atoms with Crippen molar-refractivity contribution in [3.05, 3.63) is 4.88 Å². The van der Waals surface area contributed by atoms with Crippen LogP contribution in [0, 0.1) is 12.3 Å². The summed E-state index contributed by atoms with van der Waals surface area (Å²) in [4.78, 5) is 18.8. The van der Waals surface area contributed by atoms with Crippen LogP contribution in [-0.4, -0.2) is 30.5 Å². The number of anilines is 2. The van der Waals surface area contributed by atoms with E-state index >= 15 is 0 Å². The first-order chi connectivity index (χ1) is 9.53. The minimum Gasteiger partial charge on any atom is -0.382 e. The van der Waals surface area contributed by atoms with Gasteiger partial charge in [0, 0.05) is 13.6 Å². The van der Waals surface area contributed by atoms with Crippen LogP contribution in [0.3, 0.4) is 0 Å². The molecule has 0 aliphatic carbocycles. The van der Waals surface area contributed by atoms with E-state index in [4.69, 9.17) is 12.2 Å². The highest BCUT2D eigenvalue weighted by Crippen LogP contribution is 2.27. The quantitative estimate of drug-likeness (QED) is 0.756. The molecule has 1 rings (SSSR count). The predicted molar refractivity (Wildman–Crippen MR) is 85.1 cm³/mol. The van der Waals surface area contributed by atoms with Crippen molar-refractivity contribution in [2.75, 3.05) is 24.2 Å². The van der Waals surface area contributed by atoms with Crippen molar-refractivity contribution in [1.82, 2.24) is 10.3 Å². The molecule has 3 N–H and O–H groups in total. The molecule has 0 saturated carbocycles. The number of hydrogen-bond donors (Lipinski definition) is 2. The van der Waals surface area contributed by atoms with Crippen LogP contribution in [0.5, 0.6) is 0 Å². The molecule has 5 nitrogen and oxygen atoms in total. The zero-order chi connectivity index (χ0) is 15.1. The van der Waals surface area contributed by atoms with E-state index in [1.165, 1.54) is 11.3 Å². The summed E-state index contributed by atoms with van der Waals surface area (Å²) in [6.45, 7) is 4.98. The Bertz CT molecular complexity index is 492. The van der Waals surface area contributed by atoms with Crippen molar-refractivity contribution in [2.45, 2.75) is 39.2 Å². The topological polar surface area (TPSA) is 71.2 Å². The number of aromatic nitrogens is 1. The van der Waals surface area contributed by atoms with Crippen molar-refractivity contribution in [3.8, 4) is 12.3 Å². The number of carbonyl (C=O) groups excluding carboxylic acids is 1. The van der Waals surface area contributed by atoms with Gasteiger partial charge in [-0.25, -0.2) is 4.98 Å². The van der Waals surface area contributed by atoms with E-state index in [2.05, 4.69) is 23.1 Å². The molecule has 0 saturated heterocycles. The summed E-state index contributed by atoms with van der Waals surface area (Å²) in [6.07, 6.45) is 8.07. The number of nitrogen functional groups attached to an aromatic ring is 1. The Hall–Kier alpha value is -1.74. The van der Waals surface area contributed by atoms with Gasteiger partial charge in [0.05, 0.1) is 6.04 Å². The monoisotopic (exact) mass is 294 g/mol. The first kappa shape index (κ1) is 16.3. The standard InChI is InChI=1S/C14H22N4OS/c1-5-8-10(7-3)16-13(19)11-12(15)17-14(20-11)18(4)9-6-2/h3,10H,5-6,8-9,15H2,1-2,4H3,(H,16,19). The summed E-state index contributed by atoms with van der Waals surface area (Å²) < 4.78 is 0. The molecule has 1 aromatic heterocycles. The second-order valence-corrected chi connectivity index (χ2v) is 5.59. The largest absolute Gasteiger partial charge is 0.382 e. The number of hydrogen-bond acceptors (Lipinski definition) is 5. The zero-order valence-corrected chi connectivity index (χ0v) is 13.1. The van der Waals surface area contributed by atoms with Crippen molar-refractivity contribution in [3.63, 3.8) is 0 Å². The van der Waals surface area contributed by atoms with Crippen molar-refractivity contribution < 1.29 is 4.79 Å². The van der Waals surface area contributed by atoms with E-state index in [0.29, 0.717) is 4.88 Å². The summed E-state index contributed by atoms with van der Waals surface area (Å²) in [5.41, 5.74) is 5.83. The zero-order valence-electron chi connectivity index (χ0n) is 12.3. The van der Waals surface area contributed by atoms with Crippen LogP contribution in [0.4, 0.5) is 10.9 Å². The number of nitrogens with zero attached hydrogens (tertiary/aromatic N) is 2. The van der Waals surface area contributed by atoms with Gasteiger partial charge in [-0.2, -0.15) is 0 Å². The highest BCUT2D eigenvalue weighted by molar-refractivity contribution is 7.18. The van der Waals surface area contributed by atoms with Crippen LogP contribution in [0.25, 0.3) is 0 Å². The Morgan fingerprint density at radius 2 is 2.25 bits per heavy atom. The number of carbonyl (C=O) groups is 1. The normalized spacial score (nSPS) is 11.7. The number of terminal acetylenes is 1. The van der Waals surface area contributed by atoms with E-state index in [0.717, 1.165) is 30.9 Å². The molecule has 1 heterocycles.